The number of benzene rings is 2. The first-order valence-corrected chi connectivity index (χ1v) is 6.07. The van der Waals surface area contributed by atoms with Crippen LogP contribution in [0.1, 0.15) is 22.8 Å². The lowest BCUT2D eigenvalue weighted by Crippen LogP contribution is -2.02. The van der Waals surface area contributed by atoms with E-state index >= 15 is 0 Å². The van der Waals surface area contributed by atoms with E-state index < -0.39 is 6.10 Å². The maximum Gasteiger partial charge on any atom is 0.123 e. The average Bonchev–Trinajstić information content (AvgIpc) is 2.32. The van der Waals surface area contributed by atoms with Crippen molar-refractivity contribution in [1.82, 2.24) is 0 Å². The van der Waals surface area contributed by atoms with Crippen LogP contribution in [-0.4, -0.2) is 5.11 Å². The van der Waals surface area contributed by atoms with Gasteiger partial charge in [-0.1, -0.05) is 40.2 Å². The summed E-state index contributed by atoms with van der Waals surface area (Å²) < 4.78 is 14.0. The lowest BCUT2D eigenvalue weighted by atomic mass is 9.97. The predicted octanol–water partition coefficient (Wildman–Crippen LogP) is 3.98. The highest BCUT2D eigenvalue weighted by Gasteiger charge is 2.14. The summed E-state index contributed by atoms with van der Waals surface area (Å²) >= 11 is 3.42. The van der Waals surface area contributed by atoms with Crippen molar-refractivity contribution >= 4 is 15.9 Å². The van der Waals surface area contributed by atoms with E-state index in [4.69, 9.17) is 0 Å². The maximum absolute atomic E-state index is 13.1. The summed E-state index contributed by atoms with van der Waals surface area (Å²) in [6, 6.07) is 11.6. The van der Waals surface area contributed by atoms with Gasteiger partial charge in [0.25, 0.3) is 0 Å². The van der Waals surface area contributed by atoms with Crippen LogP contribution in [0, 0.1) is 12.7 Å². The SMILES string of the molecule is Cc1c(Br)cccc1C(O)c1cccc(F)c1. The summed E-state index contributed by atoms with van der Waals surface area (Å²) in [5.41, 5.74) is 2.31. The Kier molecular flexibility index (Phi) is 3.60. The van der Waals surface area contributed by atoms with Crippen LogP contribution in [-0.2, 0) is 0 Å². The molecule has 1 unspecified atom stereocenters. The van der Waals surface area contributed by atoms with Crippen molar-refractivity contribution < 1.29 is 9.50 Å². The average molecular weight is 295 g/mol. The second-order valence-electron chi connectivity index (χ2n) is 3.91. The molecule has 3 heteroatoms. The molecule has 2 aromatic rings. The van der Waals surface area contributed by atoms with Gasteiger partial charge in [-0.2, -0.15) is 0 Å². The molecule has 1 N–H and O–H groups in total. The van der Waals surface area contributed by atoms with Gasteiger partial charge in [-0.3, -0.25) is 0 Å². The highest BCUT2D eigenvalue weighted by Crippen LogP contribution is 2.28. The van der Waals surface area contributed by atoms with Crippen molar-refractivity contribution in [3.63, 3.8) is 0 Å². The van der Waals surface area contributed by atoms with Gasteiger partial charge in [0.2, 0.25) is 0 Å². The normalized spacial score (nSPS) is 12.5. The largest absolute Gasteiger partial charge is 0.384 e. The fraction of sp³-hybridized carbons (Fsp3) is 0.143. The summed E-state index contributed by atoms with van der Waals surface area (Å²) in [5.74, 6) is -0.339. The fourth-order valence-electron chi connectivity index (χ4n) is 1.78. The van der Waals surface area contributed by atoms with E-state index in [0.717, 1.165) is 15.6 Å². The van der Waals surface area contributed by atoms with Gasteiger partial charge in [-0.15, -0.1) is 0 Å². The van der Waals surface area contributed by atoms with Gasteiger partial charge >= 0.3 is 0 Å². The van der Waals surface area contributed by atoms with Crippen molar-refractivity contribution in [2.24, 2.45) is 0 Å². The van der Waals surface area contributed by atoms with Gasteiger partial charge in [0, 0.05) is 4.47 Å². The lowest BCUT2D eigenvalue weighted by molar-refractivity contribution is 0.219. The van der Waals surface area contributed by atoms with Gasteiger partial charge in [-0.05, 0) is 41.8 Å². The van der Waals surface area contributed by atoms with E-state index in [9.17, 15) is 9.50 Å². The second-order valence-corrected chi connectivity index (χ2v) is 4.77. The van der Waals surface area contributed by atoms with Crippen LogP contribution in [0.4, 0.5) is 4.39 Å². The van der Waals surface area contributed by atoms with Crippen LogP contribution < -0.4 is 0 Å². The quantitative estimate of drug-likeness (QED) is 0.888. The molecule has 0 amide bonds. The Morgan fingerprint density at radius 1 is 1.18 bits per heavy atom. The zero-order chi connectivity index (χ0) is 12.4. The Morgan fingerprint density at radius 2 is 1.88 bits per heavy atom. The molecule has 0 aliphatic rings. The van der Waals surface area contributed by atoms with Crippen LogP contribution in [0.3, 0.4) is 0 Å². The molecule has 1 nitrogen and oxygen atoms in total. The molecule has 0 aliphatic heterocycles. The number of hydrogen-bond acceptors (Lipinski definition) is 1. The van der Waals surface area contributed by atoms with Gasteiger partial charge in [0.05, 0.1) is 0 Å². The number of aliphatic hydroxyl groups excluding tert-OH is 1. The third-order valence-corrected chi connectivity index (χ3v) is 3.63. The third-order valence-electron chi connectivity index (χ3n) is 2.77. The predicted molar refractivity (Wildman–Crippen MR) is 69.3 cm³/mol. The molecule has 0 fully saturated rings. The zero-order valence-corrected chi connectivity index (χ0v) is 10.9. The highest BCUT2D eigenvalue weighted by atomic mass is 79.9. The number of halogens is 2. The van der Waals surface area contributed by atoms with Crippen LogP contribution in [0.2, 0.25) is 0 Å². The van der Waals surface area contributed by atoms with Crippen LogP contribution in [0.15, 0.2) is 46.9 Å². The van der Waals surface area contributed by atoms with E-state index in [2.05, 4.69) is 15.9 Å². The summed E-state index contributed by atoms with van der Waals surface area (Å²) in [7, 11) is 0. The standard InChI is InChI=1S/C14H12BrFO/c1-9-12(6-3-7-13(9)15)14(17)10-4-2-5-11(16)8-10/h2-8,14,17H,1H3. The molecular weight excluding hydrogens is 283 g/mol. The van der Waals surface area contributed by atoms with E-state index in [1.807, 2.05) is 25.1 Å². The van der Waals surface area contributed by atoms with E-state index in [1.54, 1.807) is 12.1 Å². The molecular formula is C14H12BrFO. The fourth-order valence-corrected chi connectivity index (χ4v) is 2.16. The first kappa shape index (κ1) is 12.3. The molecule has 88 valence electrons. The number of aliphatic hydroxyl groups is 1. The monoisotopic (exact) mass is 294 g/mol. The van der Waals surface area contributed by atoms with Gasteiger partial charge in [0.1, 0.15) is 11.9 Å². The highest BCUT2D eigenvalue weighted by molar-refractivity contribution is 9.10. The first-order chi connectivity index (χ1) is 8.09. The molecule has 0 saturated carbocycles. The van der Waals surface area contributed by atoms with Crippen LogP contribution >= 0.6 is 15.9 Å². The van der Waals surface area contributed by atoms with E-state index in [1.165, 1.54) is 12.1 Å². The minimum absolute atomic E-state index is 0.339. The topological polar surface area (TPSA) is 20.2 Å². The minimum Gasteiger partial charge on any atom is -0.384 e. The molecule has 1 atom stereocenters. The molecule has 0 radical (unpaired) electrons. The summed E-state index contributed by atoms with van der Waals surface area (Å²) in [5, 5.41) is 10.2. The van der Waals surface area contributed by atoms with E-state index in [-0.39, 0.29) is 5.82 Å². The Hall–Kier alpha value is -1.19. The Balaban J connectivity index is 2.44. The number of rotatable bonds is 2. The van der Waals surface area contributed by atoms with Crippen molar-refractivity contribution in [3.8, 4) is 0 Å². The van der Waals surface area contributed by atoms with Crippen LogP contribution in [0.5, 0.6) is 0 Å². The molecule has 2 rings (SSSR count). The third kappa shape index (κ3) is 2.56. The van der Waals surface area contributed by atoms with E-state index in [0.29, 0.717) is 5.56 Å². The zero-order valence-electron chi connectivity index (χ0n) is 9.32. The Morgan fingerprint density at radius 3 is 2.59 bits per heavy atom. The summed E-state index contributed by atoms with van der Waals surface area (Å²) in [6.45, 7) is 1.92. The molecule has 0 saturated heterocycles. The van der Waals surface area contributed by atoms with Gasteiger partial charge < -0.3 is 5.11 Å². The van der Waals surface area contributed by atoms with Gasteiger partial charge in [-0.25, -0.2) is 4.39 Å². The van der Waals surface area contributed by atoms with Crippen molar-refractivity contribution in [1.29, 1.82) is 0 Å². The summed E-state index contributed by atoms with van der Waals surface area (Å²) in [4.78, 5) is 0. The molecule has 0 heterocycles. The number of hydrogen-bond donors (Lipinski definition) is 1. The molecule has 0 aromatic heterocycles. The lowest BCUT2D eigenvalue weighted by Gasteiger charge is -2.15. The van der Waals surface area contributed by atoms with Crippen molar-refractivity contribution in [2.45, 2.75) is 13.0 Å². The van der Waals surface area contributed by atoms with Gasteiger partial charge in [0.15, 0.2) is 0 Å². The summed E-state index contributed by atoms with van der Waals surface area (Å²) in [6.07, 6.45) is -0.803. The first-order valence-electron chi connectivity index (χ1n) is 5.28. The minimum atomic E-state index is -0.803. The Bertz CT molecular complexity index is 539. The maximum atomic E-state index is 13.1. The van der Waals surface area contributed by atoms with Crippen LogP contribution in [0.25, 0.3) is 0 Å². The molecule has 0 spiro atoms. The van der Waals surface area contributed by atoms with Crippen molar-refractivity contribution in [3.05, 3.63) is 69.4 Å². The molecule has 0 aliphatic carbocycles. The van der Waals surface area contributed by atoms with Crippen molar-refractivity contribution in [2.75, 3.05) is 0 Å². The molecule has 2 aromatic carbocycles. The molecule has 0 bridgehead atoms. The Labute approximate surface area is 108 Å². The molecule has 17 heavy (non-hydrogen) atoms. The second kappa shape index (κ2) is 4.98. The smallest absolute Gasteiger partial charge is 0.123 e.